The van der Waals surface area contributed by atoms with E-state index in [0.717, 1.165) is 0 Å². The standard InChI is InChI=1S/C18H25FN4O3/c1-18(2)12-22(17(26)21(3)4)9-10-23(18)15(24)11-20-16(25)13-5-7-14(19)8-6-13/h5-8H,9-12H2,1-4H3,(H,20,25). The molecule has 1 heterocycles. The van der Waals surface area contributed by atoms with Crippen molar-refractivity contribution < 1.29 is 18.8 Å². The van der Waals surface area contributed by atoms with Crippen LogP contribution < -0.4 is 5.32 Å². The molecule has 1 saturated heterocycles. The minimum atomic E-state index is -0.540. The van der Waals surface area contributed by atoms with Crippen LogP contribution in [-0.2, 0) is 4.79 Å². The summed E-state index contributed by atoms with van der Waals surface area (Å²) < 4.78 is 12.9. The molecular formula is C18H25FN4O3. The molecule has 1 aliphatic rings. The van der Waals surface area contributed by atoms with Gasteiger partial charge in [-0.1, -0.05) is 0 Å². The number of hydrogen-bond acceptors (Lipinski definition) is 3. The van der Waals surface area contributed by atoms with Gasteiger partial charge < -0.3 is 20.0 Å². The third-order valence-corrected chi connectivity index (χ3v) is 4.36. The molecule has 142 valence electrons. The molecule has 0 aromatic heterocycles. The number of urea groups is 1. The maximum atomic E-state index is 12.9. The largest absolute Gasteiger partial charge is 0.343 e. The van der Waals surface area contributed by atoms with Gasteiger partial charge in [0.05, 0.1) is 12.1 Å². The van der Waals surface area contributed by atoms with Crippen LogP contribution >= 0.6 is 0 Å². The number of nitrogens with one attached hydrogen (secondary N) is 1. The number of nitrogens with zero attached hydrogens (tertiary/aromatic N) is 3. The summed E-state index contributed by atoms with van der Waals surface area (Å²) in [7, 11) is 3.38. The van der Waals surface area contributed by atoms with Gasteiger partial charge in [0.2, 0.25) is 5.91 Å². The van der Waals surface area contributed by atoms with Crippen LogP contribution in [0.25, 0.3) is 0 Å². The third kappa shape index (κ3) is 4.50. The predicted octanol–water partition coefficient (Wildman–Crippen LogP) is 1.16. The lowest BCUT2D eigenvalue weighted by molar-refractivity contribution is -0.138. The molecule has 1 N–H and O–H groups in total. The summed E-state index contributed by atoms with van der Waals surface area (Å²) in [5, 5.41) is 2.56. The normalized spacial score (nSPS) is 16.2. The zero-order valence-electron chi connectivity index (χ0n) is 15.6. The summed E-state index contributed by atoms with van der Waals surface area (Å²) >= 11 is 0. The van der Waals surface area contributed by atoms with Gasteiger partial charge in [0.25, 0.3) is 5.91 Å². The molecule has 0 unspecified atom stereocenters. The first-order chi connectivity index (χ1) is 12.1. The van der Waals surface area contributed by atoms with E-state index in [-0.39, 0.29) is 18.5 Å². The molecule has 0 spiro atoms. The molecule has 8 heteroatoms. The van der Waals surface area contributed by atoms with Crippen molar-refractivity contribution in [1.29, 1.82) is 0 Å². The lowest BCUT2D eigenvalue weighted by atomic mass is 9.98. The zero-order chi connectivity index (χ0) is 19.5. The second kappa shape index (κ2) is 7.72. The van der Waals surface area contributed by atoms with Crippen molar-refractivity contribution in [1.82, 2.24) is 20.0 Å². The van der Waals surface area contributed by atoms with Crippen LogP contribution in [0.4, 0.5) is 9.18 Å². The van der Waals surface area contributed by atoms with Crippen LogP contribution in [-0.4, -0.2) is 78.4 Å². The minimum absolute atomic E-state index is 0.0882. The fourth-order valence-electron chi connectivity index (χ4n) is 3.02. The van der Waals surface area contributed by atoms with Crippen LogP contribution in [0.2, 0.25) is 0 Å². The Morgan fingerprint density at radius 3 is 2.31 bits per heavy atom. The quantitative estimate of drug-likeness (QED) is 0.875. The van der Waals surface area contributed by atoms with E-state index in [0.29, 0.717) is 25.2 Å². The van der Waals surface area contributed by atoms with Gasteiger partial charge in [-0.2, -0.15) is 0 Å². The predicted molar refractivity (Wildman–Crippen MR) is 95.2 cm³/mol. The topological polar surface area (TPSA) is 73.0 Å². The molecule has 1 aliphatic heterocycles. The Hall–Kier alpha value is -2.64. The van der Waals surface area contributed by atoms with Crippen LogP contribution in [0, 0.1) is 5.82 Å². The summed E-state index contributed by atoms with van der Waals surface area (Å²) in [5.74, 6) is -1.08. The van der Waals surface area contributed by atoms with Crippen LogP contribution in [0.3, 0.4) is 0 Å². The number of benzene rings is 1. The first-order valence-corrected chi connectivity index (χ1v) is 8.42. The Balaban J connectivity index is 1.94. The fourth-order valence-corrected chi connectivity index (χ4v) is 3.02. The van der Waals surface area contributed by atoms with Gasteiger partial charge in [-0.25, -0.2) is 9.18 Å². The number of amides is 4. The molecule has 0 aliphatic carbocycles. The van der Waals surface area contributed by atoms with Crippen molar-refractivity contribution in [3.8, 4) is 0 Å². The maximum Gasteiger partial charge on any atom is 0.319 e. The molecule has 4 amide bonds. The molecular weight excluding hydrogens is 339 g/mol. The number of halogens is 1. The Kier molecular flexibility index (Phi) is 5.84. The third-order valence-electron chi connectivity index (χ3n) is 4.36. The Bertz CT molecular complexity index is 688. The van der Waals surface area contributed by atoms with Gasteiger partial charge in [-0.05, 0) is 38.1 Å². The van der Waals surface area contributed by atoms with Crippen molar-refractivity contribution >= 4 is 17.8 Å². The van der Waals surface area contributed by atoms with Crippen LogP contribution in [0.1, 0.15) is 24.2 Å². The summed E-state index contributed by atoms with van der Waals surface area (Å²) in [4.78, 5) is 41.6. The molecule has 26 heavy (non-hydrogen) atoms. The lowest BCUT2D eigenvalue weighted by Crippen LogP contribution is -2.64. The van der Waals surface area contributed by atoms with E-state index in [9.17, 15) is 18.8 Å². The SMILES string of the molecule is CN(C)C(=O)N1CCN(C(=O)CNC(=O)c2ccc(F)cc2)C(C)(C)C1. The number of hydrogen-bond donors (Lipinski definition) is 1. The zero-order valence-corrected chi connectivity index (χ0v) is 15.6. The first kappa shape index (κ1) is 19.7. The van der Waals surface area contributed by atoms with E-state index in [1.807, 2.05) is 13.8 Å². The van der Waals surface area contributed by atoms with Crippen LogP contribution in [0.15, 0.2) is 24.3 Å². The van der Waals surface area contributed by atoms with E-state index in [2.05, 4.69) is 5.32 Å². The summed E-state index contributed by atoms with van der Waals surface area (Å²) in [6.07, 6.45) is 0. The average Bonchev–Trinajstić information content (AvgIpc) is 2.58. The first-order valence-electron chi connectivity index (χ1n) is 8.42. The molecule has 0 bridgehead atoms. The van der Waals surface area contributed by atoms with Gasteiger partial charge >= 0.3 is 6.03 Å². The van der Waals surface area contributed by atoms with E-state index in [1.54, 1.807) is 23.9 Å². The second-order valence-corrected chi connectivity index (χ2v) is 7.15. The van der Waals surface area contributed by atoms with Gasteiger partial charge in [0.15, 0.2) is 0 Å². The highest BCUT2D eigenvalue weighted by atomic mass is 19.1. The number of carbonyl (C=O) groups is 3. The number of rotatable bonds is 3. The van der Waals surface area contributed by atoms with E-state index < -0.39 is 17.3 Å². The fraction of sp³-hybridized carbons (Fsp3) is 0.500. The van der Waals surface area contributed by atoms with Crippen molar-refractivity contribution in [3.63, 3.8) is 0 Å². The van der Waals surface area contributed by atoms with Crippen molar-refractivity contribution in [2.24, 2.45) is 0 Å². The Labute approximate surface area is 152 Å². The van der Waals surface area contributed by atoms with Gasteiger partial charge in [-0.15, -0.1) is 0 Å². The molecule has 1 fully saturated rings. The summed E-state index contributed by atoms with van der Waals surface area (Å²) in [6, 6.07) is 5.03. The maximum absolute atomic E-state index is 12.9. The molecule has 0 radical (unpaired) electrons. The van der Waals surface area contributed by atoms with Gasteiger partial charge in [0, 0.05) is 39.3 Å². The Morgan fingerprint density at radius 2 is 1.77 bits per heavy atom. The number of piperazine rings is 1. The van der Waals surface area contributed by atoms with Crippen molar-refractivity contribution in [2.75, 3.05) is 40.3 Å². The molecule has 0 atom stereocenters. The monoisotopic (exact) mass is 364 g/mol. The number of carbonyl (C=O) groups excluding carboxylic acids is 3. The molecule has 1 aromatic rings. The highest BCUT2D eigenvalue weighted by Gasteiger charge is 2.38. The van der Waals surface area contributed by atoms with Crippen molar-refractivity contribution in [2.45, 2.75) is 19.4 Å². The highest BCUT2D eigenvalue weighted by Crippen LogP contribution is 2.21. The van der Waals surface area contributed by atoms with Crippen LogP contribution in [0.5, 0.6) is 0 Å². The minimum Gasteiger partial charge on any atom is -0.343 e. The summed E-state index contributed by atoms with van der Waals surface area (Å²) in [5.41, 5.74) is -0.249. The van der Waals surface area contributed by atoms with Gasteiger partial charge in [0.1, 0.15) is 5.82 Å². The van der Waals surface area contributed by atoms with E-state index in [4.69, 9.17) is 0 Å². The van der Waals surface area contributed by atoms with Crippen molar-refractivity contribution in [3.05, 3.63) is 35.6 Å². The molecule has 0 saturated carbocycles. The Morgan fingerprint density at radius 1 is 1.15 bits per heavy atom. The lowest BCUT2D eigenvalue weighted by Gasteiger charge is -2.47. The summed E-state index contributed by atoms with van der Waals surface area (Å²) in [6.45, 7) is 4.89. The highest BCUT2D eigenvalue weighted by molar-refractivity contribution is 5.96. The second-order valence-electron chi connectivity index (χ2n) is 7.15. The van der Waals surface area contributed by atoms with E-state index >= 15 is 0 Å². The van der Waals surface area contributed by atoms with E-state index in [1.165, 1.54) is 29.2 Å². The molecule has 2 rings (SSSR count). The smallest absolute Gasteiger partial charge is 0.319 e. The molecule has 7 nitrogen and oxygen atoms in total. The average molecular weight is 364 g/mol. The van der Waals surface area contributed by atoms with Gasteiger partial charge in [-0.3, -0.25) is 9.59 Å². The molecule has 1 aromatic carbocycles.